The molecule has 1 saturated heterocycles. The minimum atomic E-state index is -0.699. The van der Waals surface area contributed by atoms with E-state index in [2.05, 4.69) is 10.9 Å². The second kappa shape index (κ2) is 4.57. The highest BCUT2D eigenvalue weighted by Gasteiger charge is 2.34. The van der Waals surface area contributed by atoms with Crippen LogP contribution in [0, 0.1) is 12.3 Å². The predicted octanol–water partition coefficient (Wildman–Crippen LogP) is -0.792. The van der Waals surface area contributed by atoms with Crippen molar-refractivity contribution in [2.45, 2.75) is 31.3 Å². The summed E-state index contributed by atoms with van der Waals surface area (Å²) in [5.74, 6) is 2.41. The van der Waals surface area contributed by atoms with Gasteiger partial charge in [-0.3, -0.25) is 14.3 Å². The number of H-pyrrole nitrogens is 1. The predicted molar refractivity (Wildman–Crippen MR) is 59.3 cm³/mol. The number of terminal acetylenes is 1. The normalized spacial score (nSPS) is 27.9. The van der Waals surface area contributed by atoms with E-state index >= 15 is 0 Å². The molecule has 2 rings (SSSR count). The number of ether oxygens (including phenoxy) is 1. The van der Waals surface area contributed by atoms with Crippen molar-refractivity contribution < 1.29 is 9.84 Å². The Kier molecular flexibility index (Phi) is 3.13. The van der Waals surface area contributed by atoms with E-state index in [4.69, 9.17) is 11.2 Å². The van der Waals surface area contributed by atoms with Gasteiger partial charge in [-0.25, -0.2) is 4.79 Å². The summed E-state index contributed by atoms with van der Waals surface area (Å²) < 4.78 is 6.71. The molecule has 0 aromatic carbocycles. The van der Waals surface area contributed by atoms with E-state index in [-0.39, 0.29) is 12.8 Å². The third kappa shape index (κ3) is 2.30. The lowest BCUT2D eigenvalue weighted by Crippen LogP contribution is -2.31. The lowest BCUT2D eigenvalue weighted by atomic mass is 10.1. The van der Waals surface area contributed by atoms with Crippen molar-refractivity contribution in [3.05, 3.63) is 33.1 Å². The molecule has 1 aromatic heterocycles. The van der Waals surface area contributed by atoms with Gasteiger partial charge in [-0.1, -0.05) is 0 Å². The highest BCUT2D eigenvalue weighted by Crippen LogP contribution is 2.28. The Bertz CT molecular complexity index is 554. The van der Waals surface area contributed by atoms with Gasteiger partial charge in [-0.15, -0.1) is 12.3 Å². The van der Waals surface area contributed by atoms with Crippen molar-refractivity contribution >= 4 is 0 Å². The van der Waals surface area contributed by atoms with Crippen LogP contribution >= 0.6 is 0 Å². The minimum absolute atomic E-state index is 0.276. The lowest BCUT2D eigenvalue weighted by Gasteiger charge is -2.13. The molecule has 0 aliphatic carbocycles. The highest BCUT2D eigenvalue weighted by atomic mass is 16.5. The second-order valence-electron chi connectivity index (χ2n) is 3.86. The van der Waals surface area contributed by atoms with Crippen LogP contribution < -0.4 is 11.2 Å². The van der Waals surface area contributed by atoms with E-state index in [1.54, 1.807) is 0 Å². The molecule has 6 nitrogen and oxygen atoms in total. The fourth-order valence-electron chi connectivity index (χ4n) is 1.84. The first-order valence-electron chi connectivity index (χ1n) is 5.20. The van der Waals surface area contributed by atoms with Crippen LogP contribution in [-0.4, -0.2) is 26.9 Å². The fourth-order valence-corrected chi connectivity index (χ4v) is 1.84. The van der Waals surface area contributed by atoms with Crippen molar-refractivity contribution in [3.8, 4) is 12.3 Å². The highest BCUT2D eigenvalue weighted by molar-refractivity contribution is 4.94. The number of hydrogen-bond donors (Lipinski definition) is 2. The Morgan fingerprint density at radius 3 is 3.06 bits per heavy atom. The van der Waals surface area contributed by atoms with E-state index < -0.39 is 29.7 Å². The van der Waals surface area contributed by atoms with Gasteiger partial charge >= 0.3 is 5.69 Å². The lowest BCUT2D eigenvalue weighted by molar-refractivity contribution is -0.0173. The van der Waals surface area contributed by atoms with Gasteiger partial charge in [0.15, 0.2) is 0 Å². The van der Waals surface area contributed by atoms with Crippen molar-refractivity contribution in [2.24, 2.45) is 0 Å². The molecule has 90 valence electrons. The Morgan fingerprint density at radius 2 is 2.41 bits per heavy atom. The zero-order valence-corrected chi connectivity index (χ0v) is 9.00. The molecule has 0 spiro atoms. The average Bonchev–Trinajstić information content (AvgIpc) is 2.60. The van der Waals surface area contributed by atoms with E-state index in [9.17, 15) is 14.7 Å². The van der Waals surface area contributed by atoms with Crippen LogP contribution in [0.1, 0.15) is 19.1 Å². The largest absolute Gasteiger partial charge is 0.390 e. The van der Waals surface area contributed by atoms with Crippen molar-refractivity contribution in [2.75, 3.05) is 0 Å². The number of aliphatic hydroxyl groups excluding tert-OH is 1. The topological polar surface area (TPSA) is 84.3 Å². The van der Waals surface area contributed by atoms with E-state index in [0.717, 1.165) is 0 Å². The molecule has 1 aliphatic heterocycles. The van der Waals surface area contributed by atoms with Gasteiger partial charge in [0.2, 0.25) is 0 Å². The molecule has 1 fully saturated rings. The van der Waals surface area contributed by atoms with Crippen molar-refractivity contribution in [1.82, 2.24) is 9.55 Å². The van der Waals surface area contributed by atoms with Gasteiger partial charge in [0.05, 0.1) is 12.2 Å². The van der Waals surface area contributed by atoms with E-state index in [1.807, 2.05) is 0 Å². The van der Waals surface area contributed by atoms with Crippen LogP contribution in [0.15, 0.2) is 21.9 Å². The molecule has 0 radical (unpaired) electrons. The van der Waals surface area contributed by atoms with Crippen LogP contribution in [0.4, 0.5) is 0 Å². The molecule has 1 aliphatic rings. The second-order valence-corrected chi connectivity index (χ2v) is 3.86. The number of nitrogens with zero attached hydrogens (tertiary/aromatic N) is 1. The van der Waals surface area contributed by atoms with Gasteiger partial charge in [-0.2, -0.15) is 0 Å². The first-order chi connectivity index (χ1) is 8.11. The van der Waals surface area contributed by atoms with E-state index in [1.165, 1.54) is 16.8 Å². The number of aromatic nitrogens is 2. The first-order valence-corrected chi connectivity index (χ1v) is 5.20. The molecule has 17 heavy (non-hydrogen) atoms. The molecule has 0 amide bonds. The van der Waals surface area contributed by atoms with Crippen LogP contribution in [0.5, 0.6) is 0 Å². The standard InChI is InChI=1S/C11H12N2O4/c1-2-3-8-7(14)6-10(17-8)13-5-4-9(15)12-11(13)16/h1,4-5,7-8,10,14H,3,6H2,(H,12,15,16)/t7-,8-,10-/m1/s1. The maximum Gasteiger partial charge on any atom is 0.330 e. The third-order valence-corrected chi connectivity index (χ3v) is 2.68. The maximum absolute atomic E-state index is 11.5. The number of hydrogen-bond acceptors (Lipinski definition) is 4. The van der Waals surface area contributed by atoms with Crippen LogP contribution in [0.2, 0.25) is 0 Å². The number of aromatic amines is 1. The number of rotatable bonds is 2. The Balaban J connectivity index is 2.23. The average molecular weight is 236 g/mol. The molecule has 6 heteroatoms. The zero-order valence-electron chi connectivity index (χ0n) is 9.00. The molecular formula is C11H12N2O4. The van der Waals surface area contributed by atoms with Crippen molar-refractivity contribution in [1.29, 1.82) is 0 Å². The molecule has 2 heterocycles. The zero-order chi connectivity index (χ0) is 12.4. The quantitative estimate of drug-likeness (QED) is 0.659. The molecular weight excluding hydrogens is 224 g/mol. The molecule has 0 unspecified atom stereocenters. The number of nitrogens with one attached hydrogen (secondary N) is 1. The molecule has 2 N–H and O–H groups in total. The van der Waals surface area contributed by atoms with Crippen LogP contribution in [0.3, 0.4) is 0 Å². The summed E-state index contributed by atoms with van der Waals surface area (Å²) in [5, 5.41) is 9.69. The summed E-state index contributed by atoms with van der Waals surface area (Å²) in [6.07, 6.45) is 5.30. The first kappa shape index (κ1) is 11.6. The molecule has 0 bridgehead atoms. The summed E-state index contributed by atoms with van der Waals surface area (Å²) >= 11 is 0. The monoisotopic (exact) mass is 236 g/mol. The minimum Gasteiger partial charge on any atom is -0.390 e. The van der Waals surface area contributed by atoms with Crippen LogP contribution in [0.25, 0.3) is 0 Å². The maximum atomic E-state index is 11.5. The SMILES string of the molecule is C#CC[C@H]1O[C@@H](n2ccc(=O)[nH]c2=O)C[C@H]1O. The number of aliphatic hydroxyl groups is 1. The Labute approximate surface area is 96.9 Å². The molecule has 0 saturated carbocycles. The van der Waals surface area contributed by atoms with Gasteiger partial charge in [0, 0.05) is 25.1 Å². The van der Waals surface area contributed by atoms with Gasteiger partial charge in [0.1, 0.15) is 6.23 Å². The van der Waals surface area contributed by atoms with Gasteiger partial charge in [-0.05, 0) is 0 Å². The van der Waals surface area contributed by atoms with Crippen molar-refractivity contribution in [3.63, 3.8) is 0 Å². The molecule has 3 atom stereocenters. The third-order valence-electron chi connectivity index (χ3n) is 2.68. The summed E-state index contributed by atoms with van der Waals surface area (Å²) in [6.45, 7) is 0. The summed E-state index contributed by atoms with van der Waals surface area (Å²) in [4.78, 5) is 24.5. The molecule has 1 aromatic rings. The smallest absolute Gasteiger partial charge is 0.330 e. The van der Waals surface area contributed by atoms with Gasteiger partial charge < -0.3 is 9.84 Å². The summed E-state index contributed by atoms with van der Waals surface area (Å²) in [7, 11) is 0. The van der Waals surface area contributed by atoms with Gasteiger partial charge in [0.25, 0.3) is 5.56 Å². The summed E-state index contributed by atoms with van der Waals surface area (Å²) in [5.41, 5.74) is -1.03. The van der Waals surface area contributed by atoms with Crippen LogP contribution in [-0.2, 0) is 4.74 Å². The Hall–Kier alpha value is -1.84. The van der Waals surface area contributed by atoms with E-state index in [0.29, 0.717) is 0 Å². The Morgan fingerprint density at radius 1 is 1.65 bits per heavy atom. The summed E-state index contributed by atoms with van der Waals surface area (Å²) in [6, 6.07) is 1.23. The fraction of sp³-hybridized carbons (Fsp3) is 0.455.